The maximum atomic E-state index is 11.4. The third kappa shape index (κ3) is 8.37. The second-order valence-corrected chi connectivity index (χ2v) is 15.5. The van der Waals surface area contributed by atoms with E-state index in [1.165, 1.54) is 5.06 Å². The van der Waals surface area contributed by atoms with Gasteiger partial charge in [-0.15, -0.1) is 11.5 Å². The van der Waals surface area contributed by atoms with E-state index in [1.807, 2.05) is 91.0 Å². The zero-order valence-corrected chi connectivity index (χ0v) is 23.6. The van der Waals surface area contributed by atoms with Crippen molar-refractivity contribution in [2.24, 2.45) is 0 Å². The highest BCUT2D eigenvalue weighted by atomic mass is 28.3. The summed E-state index contributed by atoms with van der Waals surface area (Å²) in [4.78, 5) is 0. The fraction of sp³-hybridized carbons (Fsp3) is 0.375. The minimum Gasteiger partial charge on any atom is -0.375 e. The van der Waals surface area contributed by atoms with Gasteiger partial charge in [-0.25, -0.2) is 0 Å². The fourth-order valence-electron chi connectivity index (χ4n) is 4.60. The van der Waals surface area contributed by atoms with Crippen LogP contribution in [0.1, 0.15) is 23.1 Å². The van der Waals surface area contributed by atoms with E-state index < -0.39 is 14.2 Å². The molecule has 0 amide bonds. The van der Waals surface area contributed by atoms with Crippen LogP contribution in [-0.2, 0) is 34.0 Å². The highest BCUT2D eigenvalue weighted by Crippen LogP contribution is 2.32. The van der Waals surface area contributed by atoms with E-state index in [0.717, 1.165) is 16.7 Å². The second-order valence-electron chi connectivity index (χ2n) is 10.8. The van der Waals surface area contributed by atoms with Gasteiger partial charge in [-0.1, -0.05) is 111 Å². The third-order valence-corrected chi connectivity index (χ3v) is 7.43. The molecule has 1 unspecified atom stereocenters. The normalized spacial score (nSPS) is 21.7. The van der Waals surface area contributed by atoms with Crippen LogP contribution in [0.25, 0.3) is 0 Å². The SMILES string of the molecule is C[Si](C)(C)C#CCC1[C@@H](OCc2ccccc2)[C@H](OCc2ccccc2)[C@@H](COCc2ccccc2)N1O. The van der Waals surface area contributed by atoms with Gasteiger partial charge in [-0.2, -0.15) is 5.06 Å². The number of hydrogen-bond donors (Lipinski definition) is 1. The van der Waals surface area contributed by atoms with Crippen LogP contribution in [0.15, 0.2) is 91.0 Å². The van der Waals surface area contributed by atoms with E-state index in [2.05, 4.69) is 31.1 Å². The zero-order chi connectivity index (χ0) is 26.8. The first-order chi connectivity index (χ1) is 18.4. The molecule has 6 heteroatoms. The summed E-state index contributed by atoms with van der Waals surface area (Å²) in [5, 5.41) is 12.8. The lowest BCUT2D eigenvalue weighted by Crippen LogP contribution is -2.40. The summed E-state index contributed by atoms with van der Waals surface area (Å²) in [5.74, 6) is 3.36. The maximum Gasteiger partial charge on any atom is 0.129 e. The maximum absolute atomic E-state index is 11.4. The predicted molar refractivity (Wildman–Crippen MR) is 153 cm³/mol. The van der Waals surface area contributed by atoms with Crippen LogP contribution < -0.4 is 0 Å². The first-order valence-corrected chi connectivity index (χ1v) is 16.8. The Labute approximate surface area is 228 Å². The molecule has 0 aromatic heterocycles. The largest absolute Gasteiger partial charge is 0.375 e. The lowest BCUT2D eigenvalue weighted by molar-refractivity contribution is -0.164. The summed E-state index contributed by atoms with van der Waals surface area (Å²) < 4.78 is 19.1. The Morgan fingerprint density at radius 2 is 1.13 bits per heavy atom. The van der Waals surface area contributed by atoms with Crippen LogP contribution in [0, 0.1) is 11.5 Å². The molecule has 3 aromatic rings. The predicted octanol–water partition coefficient (Wildman–Crippen LogP) is 6.09. The number of benzene rings is 3. The smallest absolute Gasteiger partial charge is 0.129 e. The second kappa shape index (κ2) is 13.9. The van der Waals surface area contributed by atoms with Crippen LogP contribution in [0.5, 0.6) is 0 Å². The Bertz CT molecular complexity index is 1160. The van der Waals surface area contributed by atoms with Crippen LogP contribution >= 0.6 is 0 Å². The minimum absolute atomic E-state index is 0.313. The van der Waals surface area contributed by atoms with E-state index >= 15 is 0 Å². The van der Waals surface area contributed by atoms with E-state index in [9.17, 15) is 5.21 Å². The van der Waals surface area contributed by atoms with Gasteiger partial charge in [0.05, 0.1) is 38.5 Å². The summed E-state index contributed by atoms with van der Waals surface area (Å²) in [6, 6.07) is 29.5. The van der Waals surface area contributed by atoms with Crippen molar-refractivity contribution in [2.75, 3.05) is 6.61 Å². The van der Waals surface area contributed by atoms with Crippen molar-refractivity contribution in [1.29, 1.82) is 0 Å². The van der Waals surface area contributed by atoms with Gasteiger partial charge in [0, 0.05) is 6.42 Å². The van der Waals surface area contributed by atoms with Crippen molar-refractivity contribution in [3.05, 3.63) is 108 Å². The Balaban J connectivity index is 1.55. The number of rotatable bonds is 11. The summed E-state index contributed by atoms with van der Waals surface area (Å²) in [5.41, 5.74) is 6.68. The van der Waals surface area contributed by atoms with Crippen molar-refractivity contribution in [1.82, 2.24) is 5.06 Å². The molecule has 4 atom stereocenters. The van der Waals surface area contributed by atoms with Gasteiger partial charge in [0.15, 0.2) is 0 Å². The first kappa shape index (κ1) is 28.3. The van der Waals surface area contributed by atoms with E-state index in [1.54, 1.807) is 0 Å². The van der Waals surface area contributed by atoms with E-state index in [-0.39, 0.29) is 18.2 Å². The molecule has 0 radical (unpaired) electrons. The van der Waals surface area contributed by atoms with Crippen molar-refractivity contribution in [3.63, 3.8) is 0 Å². The highest BCUT2D eigenvalue weighted by molar-refractivity contribution is 6.83. The highest BCUT2D eigenvalue weighted by Gasteiger charge is 2.50. The van der Waals surface area contributed by atoms with Gasteiger partial charge in [-0.05, 0) is 16.7 Å². The molecule has 1 aliphatic heterocycles. The number of hydroxylamine groups is 2. The van der Waals surface area contributed by atoms with Gasteiger partial charge >= 0.3 is 0 Å². The molecule has 0 aliphatic carbocycles. The zero-order valence-electron chi connectivity index (χ0n) is 22.6. The first-order valence-electron chi connectivity index (χ1n) is 13.3. The number of hydrogen-bond acceptors (Lipinski definition) is 5. The molecule has 1 heterocycles. The Hall–Kier alpha value is -2.76. The molecule has 0 saturated carbocycles. The topological polar surface area (TPSA) is 51.2 Å². The van der Waals surface area contributed by atoms with Crippen LogP contribution in [0.2, 0.25) is 19.6 Å². The molecule has 200 valence electrons. The van der Waals surface area contributed by atoms with Gasteiger partial charge in [0.1, 0.15) is 20.3 Å². The molecule has 1 saturated heterocycles. The molecular formula is C32H39NO4Si. The fourth-order valence-corrected chi connectivity index (χ4v) is 5.24. The standard InChI is InChI=1S/C32H39NO4Si/c1-38(2,3)21-13-20-29-31(36-23-27-16-9-5-10-17-27)32(37-24-28-18-11-6-12-19-28)30(33(29)34)25-35-22-26-14-7-4-8-15-26/h4-12,14-19,29-32,34H,20,22-25H2,1-3H3/t29?,30-,31-,32-/m1/s1. The molecule has 1 aliphatic rings. The molecule has 0 bridgehead atoms. The molecule has 3 aromatic carbocycles. The van der Waals surface area contributed by atoms with E-state index in [0.29, 0.717) is 32.8 Å². The molecule has 1 N–H and O–H groups in total. The Morgan fingerprint density at radius 1 is 0.684 bits per heavy atom. The van der Waals surface area contributed by atoms with Gasteiger partial charge in [0.25, 0.3) is 0 Å². The van der Waals surface area contributed by atoms with E-state index in [4.69, 9.17) is 14.2 Å². The number of ether oxygens (including phenoxy) is 3. The molecule has 4 rings (SSSR count). The molecule has 1 fully saturated rings. The summed E-state index contributed by atoms with van der Waals surface area (Å²) in [6.45, 7) is 8.30. The third-order valence-electron chi connectivity index (χ3n) is 6.51. The van der Waals surface area contributed by atoms with Crippen molar-refractivity contribution < 1.29 is 19.4 Å². The monoisotopic (exact) mass is 529 g/mol. The van der Waals surface area contributed by atoms with Crippen LogP contribution in [0.3, 0.4) is 0 Å². The molecule has 5 nitrogen and oxygen atoms in total. The van der Waals surface area contributed by atoms with Crippen LogP contribution in [-0.4, -0.2) is 49.2 Å². The molecule has 38 heavy (non-hydrogen) atoms. The average Bonchev–Trinajstić information content (AvgIpc) is 3.17. The van der Waals surface area contributed by atoms with Crippen molar-refractivity contribution in [3.8, 4) is 11.5 Å². The number of nitrogens with zero attached hydrogens (tertiary/aromatic N) is 1. The van der Waals surface area contributed by atoms with Gasteiger partial charge in [-0.3, -0.25) is 0 Å². The van der Waals surface area contributed by atoms with Crippen molar-refractivity contribution in [2.45, 2.75) is 70.2 Å². The molecule has 0 spiro atoms. The Morgan fingerprint density at radius 3 is 1.61 bits per heavy atom. The Kier molecular flexibility index (Phi) is 10.3. The van der Waals surface area contributed by atoms with Crippen LogP contribution in [0.4, 0.5) is 0 Å². The average molecular weight is 530 g/mol. The quantitative estimate of drug-likeness (QED) is 0.241. The summed E-state index contributed by atoms with van der Waals surface area (Å²) in [6.07, 6.45) is -0.260. The summed E-state index contributed by atoms with van der Waals surface area (Å²) in [7, 11) is -1.55. The lowest BCUT2D eigenvalue weighted by Gasteiger charge is -2.26. The minimum atomic E-state index is -1.55. The van der Waals surface area contributed by atoms with Gasteiger partial charge < -0.3 is 19.4 Å². The molecular weight excluding hydrogens is 490 g/mol. The summed E-state index contributed by atoms with van der Waals surface area (Å²) >= 11 is 0. The van der Waals surface area contributed by atoms with Crippen molar-refractivity contribution >= 4 is 8.07 Å². The lowest BCUT2D eigenvalue weighted by atomic mass is 10.0. The van der Waals surface area contributed by atoms with Gasteiger partial charge in [0.2, 0.25) is 0 Å².